The molecule has 32 heavy (non-hydrogen) atoms. The number of hydrogen-bond acceptors (Lipinski definition) is 3. The second-order valence-corrected chi connectivity index (χ2v) is 7.82. The highest BCUT2D eigenvalue weighted by atomic mass is 16.2. The maximum absolute atomic E-state index is 13.1. The van der Waals surface area contributed by atoms with Gasteiger partial charge in [0.05, 0.1) is 0 Å². The molecule has 0 unspecified atom stereocenters. The Labute approximate surface area is 189 Å². The molecule has 0 saturated heterocycles. The van der Waals surface area contributed by atoms with Crippen LogP contribution < -0.4 is 10.6 Å². The molecule has 0 bridgehead atoms. The highest BCUT2D eigenvalue weighted by Crippen LogP contribution is 2.20. The Morgan fingerprint density at radius 3 is 2.16 bits per heavy atom. The maximum Gasteiger partial charge on any atom is 0.247 e. The SMILES string of the molecule is Cc1ccc(CCN[C@@H](C(=O)Nc2ccc(-c3ccccc3)cn2)c2ccccc2)cc1. The first-order valence-electron chi connectivity index (χ1n) is 10.9. The van der Waals surface area contributed by atoms with E-state index in [1.165, 1.54) is 11.1 Å². The number of pyridine rings is 1. The zero-order chi connectivity index (χ0) is 22.2. The van der Waals surface area contributed by atoms with Crippen molar-refractivity contribution in [2.75, 3.05) is 11.9 Å². The molecule has 1 aromatic heterocycles. The Kier molecular flexibility index (Phi) is 7.05. The molecule has 2 N–H and O–H groups in total. The maximum atomic E-state index is 13.1. The first-order valence-corrected chi connectivity index (χ1v) is 10.9. The van der Waals surface area contributed by atoms with Gasteiger partial charge in [-0.15, -0.1) is 0 Å². The molecule has 4 nitrogen and oxygen atoms in total. The number of nitrogens with one attached hydrogen (secondary N) is 2. The zero-order valence-corrected chi connectivity index (χ0v) is 18.2. The van der Waals surface area contributed by atoms with Crippen LogP contribution in [0.2, 0.25) is 0 Å². The number of carbonyl (C=O) groups excluding carboxylic acids is 1. The number of benzene rings is 3. The minimum atomic E-state index is -0.461. The summed E-state index contributed by atoms with van der Waals surface area (Å²) < 4.78 is 0. The molecular formula is C28H27N3O. The number of aryl methyl sites for hydroxylation is 1. The summed E-state index contributed by atoms with van der Waals surface area (Å²) in [7, 11) is 0. The first kappa shape index (κ1) is 21.5. The Balaban J connectivity index is 1.43. The van der Waals surface area contributed by atoms with Gasteiger partial charge in [-0.3, -0.25) is 4.79 Å². The van der Waals surface area contributed by atoms with Gasteiger partial charge < -0.3 is 10.6 Å². The van der Waals surface area contributed by atoms with Crippen molar-refractivity contribution >= 4 is 11.7 Å². The standard InChI is InChI=1S/C28H27N3O/c1-21-12-14-22(15-13-21)18-19-29-27(24-10-6-3-7-11-24)28(32)31-26-17-16-25(20-30-26)23-8-4-2-5-9-23/h2-17,20,27,29H,18-19H2,1H3,(H,30,31,32)/t27-/m1/s1. The molecule has 0 aliphatic rings. The minimum absolute atomic E-state index is 0.125. The molecule has 4 heteroatoms. The lowest BCUT2D eigenvalue weighted by Gasteiger charge is -2.19. The molecule has 0 saturated carbocycles. The van der Waals surface area contributed by atoms with E-state index >= 15 is 0 Å². The molecule has 160 valence electrons. The third-order valence-corrected chi connectivity index (χ3v) is 5.40. The molecule has 1 atom stereocenters. The highest BCUT2D eigenvalue weighted by molar-refractivity contribution is 5.95. The molecule has 4 rings (SSSR count). The molecule has 0 spiro atoms. The summed E-state index contributed by atoms with van der Waals surface area (Å²) >= 11 is 0. The van der Waals surface area contributed by atoms with Crippen molar-refractivity contribution in [3.05, 3.63) is 120 Å². The smallest absolute Gasteiger partial charge is 0.247 e. The number of carbonyl (C=O) groups is 1. The first-order chi connectivity index (χ1) is 15.7. The van der Waals surface area contributed by atoms with E-state index in [0.717, 1.165) is 23.1 Å². The van der Waals surface area contributed by atoms with Crippen molar-refractivity contribution in [1.82, 2.24) is 10.3 Å². The van der Waals surface area contributed by atoms with Gasteiger partial charge in [-0.2, -0.15) is 0 Å². The van der Waals surface area contributed by atoms with Gasteiger partial charge in [-0.25, -0.2) is 4.98 Å². The van der Waals surface area contributed by atoms with Crippen LogP contribution >= 0.6 is 0 Å². The summed E-state index contributed by atoms with van der Waals surface area (Å²) in [5.41, 5.74) is 5.52. The fourth-order valence-electron chi connectivity index (χ4n) is 3.59. The van der Waals surface area contributed by atoms with E-state index in [-0.39, 0.29) is 5.91 Å². The summed E-state index contributed by atoms with van der Waals surface area (Å²) in [5, 5.41) is 6.38. The van der Waals surface area contributed by atoms with Gasteiger partial charge >= 0.3 is 0 Å². The Bertz CT molecular complexity index is 1120. The van der Waals surface area contributed by atoms with E-state index in [4.69, 9.17) is 0 Å². The van der Waals surface area contributed by atoms with Crippen LogP contribution in [0, 0.1) is 6.92 Å². The average molecular weight is 422 g/mol. The van der Waals surface area contributed by atoms with Crippen LogP contribution in [0.15, 0.2) is 103 Å². The van der Waals surface area contributed by atoms with Crippen LogP contribution in [0.1, 0.15) is 22.7 Å². The predicted octanol–water partition coefficient (Wildman–Crippen LogP) is 5.57. The van der Waals surface area contributed by atoms with Gasteiger partial charge in [0, 0.05) is 18.3 Å². The third kappa shape index (κ3) is 5.68. The van der Waals surface area contributed by atoms with Gasteiger partial charge in [0.15, 0.2) is 0 Å². The fourth-order valence-corrected chi connectivity index (χ4v) is 3.59. The second-order valence-electron chi connectivity index (χ2n) is 7.82. The minimum Gasteiger partial charge on any atom is -0.309 e. The van der Waals surface area contributed by atoms with Crippen molar-refractivity contribution in [3.8, 4) is 11.1 Å². The zero-order valence-electron chi connectivity index (χ0n) is 18.2. The van der Waals surface area contributed by atoms with E-state index in [0.29, 0.717) is 12.4 Å². The number of aromatic nitrogens is 1. The number of rotatable bonds is 8. The fraction of sp³-hybridized carbons (Fsp3) is 0.143. The quantitative estimate of drug-likeness (QED) is 0.391. The van der Waals surface area contributed by atoms with Gasteiger partial charge in [0.2, 0.25) is 5.91 Å². The van der Waals surface area contributed by atoms with Crippen molar-refractivity contribution in [2.45, 2.75) is 19.4 Å². The van der Waals surface area contributed by atoms with E-state index in [1.54, 1.807) is 6.20 Å². The molecule has 0 fully saturated rings. The summed E-state index contributed by atoms with van der Waals surface area (Å²) in [5.74, 6) is 0.413. The molecule has 1 heterocycles. The van der Waals surface area contributed by atoms with Gasteiger partial charge in [-0.1, -0.05) is 90.5 Å². The number of nitrogens with zero attached hydrogens (tertiary/aromatic N) is 1. The number of anilines is 1. The lowest BCUT2D eigenvalue weighted by Crippen LogP contribution is -2.34. The Morgan fingerprint density at radius 2 is 1.50 bits per heavy atom. The second kappa shape index (κ2) is 10.5. The van der Waals surface area contributed by atoms with Gasteiger partial charge in [0.25, 0.3) is 0 Å². The van der Waals surface area contributed by atoms with Gasteiger partial charge in [-0.05, 0) is 42.2 Å². The summed E-state index contributed by atoms with van der Waals surface area (Å²) in [4.78, 5) is 17.6. The largest absolute Gasteiger partial charge is 0.309 e. The topological polar surface area (TPSA) is 54.0 Å². The van der Waals surface area contributed by atoms with Crippen LogP contribution in [0.3, 0.4) is 0 Å². The summed E-state index contributed by atoms with van der Waals surface area (Å²) in [6.07, 6.45) is 2.63. The Morgan fingerprint density at radius 1 is 0.812 bits per heavy atom. The molecule has 0 radical (unpaired) electrons. The van der Waals surface area contributed by atoms with E-state index < -0.39 is 6.04 Å². The van der Waals surface area contributed by atoms with Crippen LogP contribution in [0.25, 0.3) is 11.1 Å². The van der Waals surface area contributed by atoms with Crippen LogP contribution in [-0.4, -0.2) is 17.4 Å². The number of hydrogen-bond donors (Lipinski definition) is 2. The van der Waals surface area contributed by atoms with Crippen LogP contribution in [0.5, 0.6) is 0 Å². The van der Waals surface area contributed by atoms with Crippen molar-refractivity contribution in [1.29, 1.82) is 0 Å². The number of amides is 1. The molecule has 4 aromatic rings. The van der Waals surface area contributed by atoms with Gasteiger partial charge in [0.1, 0.15) is 11.9 Å². The van der Waals surface area contributed by atoms with E-state index in [1.807, 2.05) is 72.8 Å². The van der Waals surface area contributed by atoms with Crippen molar-refractivity contribution in [3.63, 3.8) is 0 Å². The molecule has 0 aliphatic heterocycles. The molecule has 0 aliphatic carbocycles. The summed E-state index contributed by atoms with van der Waals surface area (Å²) in [6, 6.07) is 31.7. The normalized spacial score (nSPS) is 11.7. The Hall–Kier alpha value is -3.76. The van der Waals surface area contributed by atoms with Crippen LogP contribution in [0.4, 0.5) is 5.82 Å². The lowest BCUT2D eigenvalue weighted by atomic mass is 10.0. The third-order valence-electron chi connectivity index (χ3n) is 5.40. The predicted molar refractivity (Wildman–Crippen MR) is 130 cm³/mol. The lowest BCUT2D eigenvalue weighted by molar-refractivity contribution is -0.118. The molecule has 1 amide bonds. The molecular weight excluding hydrogens is 394 g/mol. The highest BCUT2D eigenvalue weighted by Gasteiger charge is 2.20. The summed E-state index contributed by atoms with van der Waals surface area (Å²) in [6.45, 7) is 2.77. The van der Waals surface area contributed by atoms with Crippen LogP contribution in [-0.2, 0) is 11.2 Å². The van der Waals surface area contributed by atoms with E-state index in [9.17, 15) is 4.79 Å². The van der Waals surface area contributed by atoms with Crippen molar-refractivity contribution in [2.24, 2.45) is 0 Å². The van der Waals surface area contributed by atoms with E-state index in [2.05, 4.69) is 46.8 Å². The average Bonchev–Trinajstić information content (AvgIpc) is 2.84. The van der Waals surface area contributed by atoms with Crippen molar-refractivity contribution < 1.29 is 4.79 Å². The monoisotopic (exact) mass is 421 g/mol. The molecule has 3 aromatic carbocycles.